The van der Waals surface area contributed by atoms with Crippen molar-refractivity contribution in [3.63, 3.8) is 0 Å². The van der Waals surface area contributed by atoms with E-state index in [9.17, 15) is 24.8 Å². The Labute approximate surface area is 248 Å². The highest BCUT2D eigenvalue weighted by molar-refractivity contribution is 6.00. The van der Waals surface area contributed by atoms with Crippen LogP contribution in [0, 0.1) is 24.0 Å². The molecule has 0 bridgehead atoms. The number of nitro groups is 1. The Bertz CT molecular complexity index is 1800. The molecule has 10 heteroatoms. The summed E-state index contributed by atoms with van der Waals surface area (Å²) in [4.78, 5) is 41.1. The fourth-order valence-corrected chi connectivity index (χ4v) is 5.15. The number of carbonyl (C=O) groups excluding carboxylic acids is 1. The molecule has 218 valence electrons. The van der Waals surface area contributed by atoms with Crippen LogP contribution < -0.4 is 10.6 Å². The van der Waals surface area contributed by atoms with Crippen molar-refractivity contribution in [1.82, 2.24) is 14.7 Å². The van der Waals surface area contributed by atoms with Crippen molar-refractivity contribution < 1.29 is 19.6 Å². The van der Waals surface area contributed by atoms with Gasteiger partial charge in [-0.25, -0.2) is 4.98 Å². The molecule has 3 aromatic carbocycles. The van der Waals surface area contributed by atoms with Crippen LogP contribution >= 0.6 is 0 Å². The number of hydrogen-bond acceptors (Lipinski definition) is 6. The Hall–Kier alpha value is -5.51. The molecule has 5 aromatic rings. The number of amides is 1. The first-order valence-corrected chi connectivity index (χ1v) is 13.9. The van der Waals surface area contributed by atoms with Crippen LogP contribution in [0.15, 0.2) is 91.1 Å². The molecule has 0 saturated carbocycles. The van der Waals surface area contributed by atoms with Gasteiger partial charge in [0.1, 0.15) is 5.82 Å². The minimum absolute atomic E-state index is 0.192. The van der Waals surface area contributed by atoms with Crippen molar-refractivity contribution in [2.24, 2.45) is 0 Å². The van der Waals surface area contributed by atoms with Gasteiger partial charge in [0, 0.05) is 24.0 Å². The maximum atomic E-state index is 13.7. The number of pyridine rings is 1. The third kappa shape index (κ3) is 6.54. The van der Waals surface area contributed by atoms with E-state index < -0.39 is 29.3 Å². The van der Waals surface area contributed by atoms with Crippen LogP contribution in [0.25, 0.3) is 5.65 Å². The summed E-state index contributed by atoms with van der Waals surface area (Å²) in [6, 6.07) is 24.1. The number of para-hydroxylation sites is 1. The second-order valence-electron chi connectivity index (χ2n) is 10.4. The van der Waals surface area contributed by atoms with Crippen LogP contribution in [-0.4, -0.2) is 31.3 Å². The van der Waals surface area contributed by atoms with E-state index in [-0.39, 0.29) is 11.3 Å². The maximum Gasteiger partial charge on any atom is 0.305 e. The van der Waals surface area contributed by atoms with Gasteiger partial charge < -0.3 is 15.7 Å². The average Bonchev–Trinajstić information content (AvgIpc) is 3.35. The second-order valence-corrected chi connectivity index (χ2v) is 10.4. The first-order chi connectivity index (χ1) is 20.7. The summed E-state index contributed by atoms with van der Waals surface area (Å²) < 4.78 is 1.83. The zero-order chi connectivity index (χ0) is 30.5. The summed E-state index contributed by atoms with van der Waals surface area (Å²) in [7, 11) is 0. The van der Waals surface area contributed by atoms with Gasteiger partial charge in [0.05, 0.1) is 28.6 Å². The number of carboxylic acids is 1. The Morgan fingerprint density at radius 2 is 1.67 bits per heavy atom. The van der Waals surface area contributed by atoms with Crippen molar-refractivity contribution in [2.45, 2.75) is 39.2 Å². The fraction of sp³-hybridized carbons (Fsp3) is 0.182. The summed E-state index contributed by atoms with van der Waals surface area (Å²) in [5, 5.41) is 27.2. The second kappa shape index (κ2) is 12.6. The fourth-order valence-electron chi connectivity index (χ4n) is 5.15. The number of nitrogens with zero attached hydrogens (tertiary/aromatic N) is 3. The first kappa shape index (κ1) is 29.0. The van der Waals surface area contributed by atoms with Crippen LogP contribution in [0.1, 0.15) is 50.8 Å². The molecule has 0 saturated heterocycles. The van der Waals surface area contributed by atoms with Gasteiger partial charge in [-0.2, -0.15) is 0 Å². The SMILES string of the molecule is Cc1cccc(C)c1Nc1c(CCc2ccccc2)nc2c(C(=O)NC(CC(=O)O)c3cccc([N+](=O)[O-])c3)cccn12. The Morgan fingerprint density at radius 3 is 2.37 bits per heavy atom. The molecule has 1 atom stereocenters. The number of rotatable bonds is 11. The molecule has 3 N–H and O–H groups in total. The molecule has 0 radical (unpaired) electrons. The lowest BCUT2D eigenvalue weighted by Gasteiger charge is -2.18. The molecule has 0 spiro atoms. The highest BCUT2D eigenvalue weighted by atomic mass is 16.6. The quantitative estimate of drug-likeness (QED) is 0.123. The zero-order valence-corrected chi connectivity index (χ0v) is 23.8. The smallest absolute Gasteiger partial charge is 0.305 e. The molecule has 2 aromatic heterocycles. The van der Waals surface area contributed by atoms with E-state index in [0.717, 1.165) is 40.3 Å². The Morgan fingerprint density at radius 1 is 0.953 bits per heavy atom. The minimum atomic E-state index is -1.15. The number of aliphatic carboxylic acids is 1. The topological polar surface area (TPSA) is 139 Å². The van der Waals surface area contributed by atoms with Crippen LogP contribution in [0.3, 0.4) is 0 Å². The predicted molar refractivity (Wildman–Crippen MR) is 164 cm³/mol. The van der Waals surface area contributed by atoms with Gasteiger partial charge in [0.15, 0.2) is 5.65 Å². The number of non-ortho nitro benzene ring substituents is 1. The van der Waals surface area contributed by atoms with Gasteiger partial charge in [-0.05, 0) is 61.1 Å². The molecule has 1 amide bonds. The molecular weight excluding hydrogens is 546 g/mol. The largest absolute Gasteiger partial charge is 0.481 e. The van der Waals surface area contributed by atoms with E-state index in [1.54, 1.807) is 18.2 Å². The first-order valence-electron chi connectivity index (χ1n) is 13.9. The van der Waals surface area contributed by atoms with Gasteiger partial charge in [-0.15, -0.1) is 0 Å². The van der Waals surface area contributed by atoms with E-state index in [1.165, 1.54) is 18.2 Å². The van der Waals surface area contributed by atoms with Crippen LogP contribution in [0.5, 0.6) is 0 Å². The van der Waals surface area contributed by atoms with Crippen LogP contribution in [0.4, 0.5) is 17.2 Å². The monoisotopic (exact) mass is 577 g/mol. The molecule has 10 nitrogen and oxygen atoms in total. The molecule has 2 heterocycles. The normalized spacial score (nSPS) is 11.7. The lowest BCUT2D eigenvalue weighted by atomic mass is 10.0. The lowest BCUT2D eigenvalue weighted by Crippen LogP contribution is -2.30. The third-order valence-electron chi connectivity index (χ3n) is 7.35. The van der Waals surface area contributed by atoms with Crippen molar-refractivity contribution in [3.05, 3.63) is 135 Å². The number of aryl methyl sites for hydroxylation is 4. The average molecular weight is 578 g/mol. The van der Waals surface area contributed by atoms with Crippen molar-refractivity contribution in [2.75, 3.05) is 5.32 Å². The number of carboxylic acid groups (broad SMARTS) is 1. The van der Waals surface area contributed by atoms with E-state index in [2.05, 4.69) is 22.8 Å². The van der Waals surface area contributed by atoms with Gasteiger partial charge >= 0.3 is 5.97 Å². The number of nitro benzene ring substituents is 1. The van der Waals surface area contributed by atoms with Crippen molar-refractivity contribution in [1.29, 1.82) is 0 Å². The molecule has 5 rings (SSSR count). The van der Waals surface area contributed by atoms with Crippen molar-refractivity contribution in [3.8, 4) is 0 Å². The Balaban J connectivity index is 1.54. The van der Waals surface area contributed by atoms with Gasteiger partial charge in [-0.1, -0.05) is 60.7 Å². The van der Waals surface area contributed by atoms with Gasteiger partial charge in [0.25, 0.3) is 11.6 Å². The number of benzene rings is 3. The van der Waals surface area contributed by atoms with E-state index in [0.29, 0.717) is 17.6 Å². The van der Waals surface area contributed by atoms with Crippen molar-refractivity contribution >= 4 is 34.7 Å². The van der Waals surface area contributed by atoms with Crippen LogP contribution in [-0.2, 0) is 17.6 Å². The van der Waals surface area contributed by atoms with Gasteiger partial charge in [-0.3, -0.25) is 24.1 Å². The van der Waals surface area contributed by atoms with Gasteiger partial charge in [0.2, 0.25) is 0 Å². The third-order valence-corrected chi connectivity index (χ3v) is 7.35. The number of carbonyl (C=O) groups is 2. The van der Waals surface area contributed by atoms with E-state index >= 15 is 0 Å². The molecule has 0 aliphatic carbocycles. The summed E-state index contributed by atoms with van der Waals surface area (Å²) in [5.74, 6) is -0.959. The summed E-state index contributed by atoms with van der Waals surface area (Å²) in [6.45, 7) is 4.05. The molecule has 0 fully saturated rings. The van der Waals surface area contributed by atoms with E-state index in [1.807, 2.05) is 60.8 Å². The number of anilines is 2. The summed E-state index contributed by atoms with van der Waals surface area (Å²) in [5.41, 5.74) is 5.79. The number of imidazole rings is 1. The number of nitrogens with one attached hydrogen (secondary N) is 2. The standard InChI is InChI=1S/C33H31N5O5/c1-21-9-6-10-22(2)30(21)36-32-27(17-16-23-11-4-3-5-12-23)34-31-26(15-8-18-37(31)32)33(41)35-28(20-29(39)40)24-13-7-14-25(19-24)38(42)43/h3-15,18-19,28,36H,16-17,20H2,1-2H3,(H,35,41)(H,39,40). The lowest BCUT2D eigenvalue weighted by molar-refractivity contribution is -0.384. The zero-order valence-electron chi connectivity index (χ0n) is 23.8. The molecular formula is C33H31N5O5. The molecule has 1 unspecified atom stereocenters. The number of aromatic nitrogens is 2. The number of fused-ring (bicyclic) bond motifs is 1. The minimum Gasteiger partial charge on any atom is -0.481 e. The molecule has 0 aliphatic heterocycles. The summed E-state index contributed by atoms with van der Waals surface area (Å²) >= 11 is 0. The predicted octanol–water partition coefficient (Wildman–Crippen LogP) is 6.33. The van der Waals surface area contributed by atoms with Crippen LogP contribution in [0.2, 0.25) is 0 Å². The summed E-state index contributed by atoms with van der Waals surface area (Å²) in [6.07, 6.45) is 2.72. The maximum absolute atomic E-state index is 13.7. The molecule has 43 heavy (non-hydrogen) atoms. The molecule has 0 aliphatic rings. The Kier molecular flexibility index (Phi) is 8.47. The number of hydrogen-bond donors (Lipinski definition) is 3. The van der Waals surface area contributed by atoms with E-state index in [4.69, 9.17) is 4.98 Å². The highest BCUT2D eigenvalue weighted by Gasteiger charge is 2.24. The highest BCUT2D eigenvalue weighted by Crippen LogP contribution is 2.30.